The van der Waals surface area contributed by atoms with E-state index in [-0.39, 0.29) is 6.10 Å². The number of benzene rings is 1. The van der Waals surface area contributed by atoms with E-state index in [0.29, 0.717) is 21.7 Å². The van der Waals surface area contributed by atoms with Gasteiger partial charge >= 0.3 is 0 Å². The zero-order chi connectivity index (χ0) is 14.7. The smallest absolute Gasteiger partial charge is 0.157 e. The van der Waals surface area contributed by atoms with Crippen LogP contribution in [-0.2, 0) is 0 Å². The van der Waals surface area contributed by atoms with Crippen LogP contribution in [0.4, 0.5) is 0 Å². The second-order valence-electron chi connectivity index (χ2n) is 5.12. The molecule has 0 amide bonds. The number of hydrogen-bond acceptors (Lipinski definition) is 3. The van der Waals surface area contributed by atoms with Crippen LogP contribution in [0.5, 0.6) is 5.75 Å². The van der Waals surface area contributed by atoms with Crippen LogP contribution in [-0.4, -0.2) is 18.1 Å². The second-order valence-corrected chi connectivity index (χ2v) is 5.94. The molecule has 2 heterocycles. The molecule has 1 aromatic heterocycles. The minimum absolute atomic E-state index is 0.0830. The van der Waals surface area contributed by atoms with E-state index in [1.54, 1.807) is 24.5 Å². The van der Waals surface area contributed by atoms with E-state index in [2.05, 4.69) is 10.3 Å². The lowest BCUT2D eigenvalue weighted by Gasteiger charge is -2.25. The summed E-state index contributed by atoms with van der Waals surface area (Å²) in [5.74, 6) is 0.939. The van der Waals surface area contributed by atoms with Gasteiger partial charge in [0.1, 0.15) is 6.10 Å². The average molecular weight is 323 g/mol. The van der Waals surface area contributed by atoms with Crippen molar-refractivity contribution in [1.29, 1.82) is 0 Å². The molecule has 0 saturated carbocycles. The van der Waals surface area contributed by atoms with Gasteiger partial charge in [0.05, 0.1) is 10.0 Å². The molecule has 3 rings (SSSR count). The van der Waals surface area contributed by atoms with Gasteiger partial charge < -0.3 is 10.1 Å². The van der Waals surface area contributed by atoms with Crippen molar-refractivity contribution in [2.45, 2.75) is 12.5 Å². The average Bonchev–Trinajstić information content (AvgIpc) is 3.02. The quantitative estimate of drug-likeness (QED) is 0.919. The molecule has 2 atom stereocenters. The van der Waals surface area contributed by atoms with E-state index in [1.807, 2.05) is 18.2 Å². The maximum Gasteiger partial charge on any atom is 0.157 e. The van der Waals surface area contributed by atoms with E-state index >= 15 is 0 Å². The maximum absolute atomic E-state index is 6.23. The first-order valence-electron chi connectivity index (χ1n) is 6.97. The molecule has 110 valence electrons. The summed E-state index contributed by atoms with van der Waals surface area (Å²) >= 11 is 12.5. The fraction of sp³-hybridized carbons (Fsp3) is 0.312. The Bertz CT molecular complexity index is 580. The van der Waals surface area contributed by atoms with Gasteiger partial charge in [0.2, 0.25) is 0 Å². The Morgan fingerprint density at radius 3 is 2.48 bits per heavy atom. The first-order chi connectivity index (χ1) is 10.3. The minimum Gasteiger partial charge on any atom is -0.482 e. The van der Waals surface area contributed by atoms with Crippen LogP contribution < -0.4 is 10.1 Å². The molecule has 1 saturated heterocycles. The van der Waals surface area contributed by atoms with Gasteiger partial charge in [-0.15, -0.1) is 0 Å². The van der Waals surface area contributed by atoms with E-state index < -0.39 is 0 Å². The third-order valence-electron chi connectivity index (χ3n) is 3.72. The highest BCUT2D eigenvalue weighted by atomic mass is 35.5. The zero-order valence-corrected chi connectivity index (χ0v) is 12.9. The van der Waals surface area contributed by atoms with Gasteiger partial charge in [-0.3, -0.25) is 4.98 Å². The van der Waals surface area contributed by atoms with Gasteiger partial charge in [-0.25, -0.2) is 0 Å². The van der Waals surface area contributed by atoms with E-state index in [0.717, 1.165) is 25.1 Å². The van der Waals surface area contributed by atoms with Crippen molar-refractivity contribution in [1.82, 2.24) is 10.3 Å². The molecule has 0 aliphatic carbocycles. The van der Waals surface area contributed by atoms with Crippen molar-refractivity contribution < 1.29 is 4.74 Å². The molecular weight excluding hydrogens is 307 g/mol. The van der Waals surface area contributed by atoms with Crippen LogP contribution >= 0.6 is 23.2 Å². The fourth-order valence-corrected chi connectivity index (χ4v) is 3.13. The van der Waals surface area contributed by atoms with Crippen LogP contribution in [0.3, 0.4) is 0 Å². The normalized spacial score (nSPS) is 19.4. The first kappa shape index (κ1) is 14.6. The van der Waals surface area contributed by atoms with Gasteiger partial charge in [0.25, 0.3) is 0 Å². The van der Waals surface area contributed by atoms with Crippen molar-refractivity contribution in [3.05, 3.63) is 58.3 Å². The number of rotatable bonds is 4. The monoisotopic (exact) mass is 322 g/mol. The number of para-hydroxylation sites is 1. The molecule has 0 unspecified atom stereocenters. The highest BCUT2D eigenvalue weighted by Gasteiger charge is 2.29. The lowest BCUT2D eigenvalue weighted by atomic mass is 9.95. The van der Waals surface area contributed by atoms with Crippen molar-refractivity contribution in [3.8, 4) is 5.75 Å². The number of hydrogen-bond donors (Lipinski definition) is 1. The van der Waals surface area contributed by atoms with E-state index in [4.69, 9.17) is 27.9 Å². The second kappa shape index (κ2) is 6.65. The van der Waals surface area contributed by atoms with Crippen molar-refractivity contribution in [2.75, 3.05) is 13.1 Å². The topological polar surface area (TPSA) is 34.1 Å². The molecule has 2 aromatic rings. The summed E-state index contributed by atoms with van der Waals surface area (Å²) in [6, 6.07) is 9.36. The molecule has 1 fully saturated rings. The molecule has 21 heavy (non-hydrogen) atoms. The standard InChI is InChI=1S/C16H16Cl2N2O/c17-13-2-1-3-14(18)16(13)21-15(12-6-9-20-10-12)11-4-7-19-8-5-11/h1-5,7-8,12,15,20H,6,9-10H2/t12-,15-/m0/s1. The summed E-state index contributed by atoms with van der Waals surface area (Å²) < 4.78 is 6.21. The molecule has 1 aliphatic rings. The first-order valence-corrected chi connectivity index (χ1v) is 7.72. The number of nitrogens with one attached hydrogen (secondary N) is 1. The highest BCUT2D eigenvalue weighted by Crippen LogP contribution is 2.39. The number of nitrogens with zero attached hydrogens (tertiary/aromatic N) is 1. The van der Waals surface area contributed by atoms with E-state index in [9.17, 15) is 0 Å². The van der Waals surface area contributed by atoms with Crippen LogP contribution in [0.15, 0.2) is 42.7 Å². The number of aromatic nitrogens is 1. The molecular formula is C16H16Cl2N2O. The Morgan fingerprint density at radius 1 is 1.14 bits per heavy atom. The molecule has 1 N–H and O–H groups in total. The molecule has 3 nitrogen and oxygen atoms in total. The number of pyridine rings is 1. The summed E-state index contributed by atoms with van der Waals surface area (Å²) in [7, 11) is 0. The highest BCUT2D eigenvalue weighted by molar-refractivity contribution is 6.37. The molecule has 1 aliphatic heterocycles. The molecule has 5 heteroatoms. The van der Waals surface area contributed by atoms with Crippen LogP contribution in [0.25, 0.3) is 0 Å². The lowest BCUT2D eigenvalue weighted by molar-refractivity contribution is 0.144. The summed E-state index contributed by atoms with van der Waals surface area (Å²) in [5.41, 5.74) is 1.09. The lowest BCUT2D eigenvalue weighted by Crippen LogP contribution is -2.21. The minimum atomic E-state index is -0.0830. The molecule has 1 aromatic carbocycles. The Morgan fingerprint density at radius 2 is 1.86 bits per heavy atom. The van der Waals surface area contributed by atoms with Gasteiger partial charge in [-0.05, 0) is 42.8 Å². The largest absolute Gasteiger partial charge is 0.482 e. The van der Waals surface area contributed by atoms with Gasteiger partial charge in [0.15, 0.2) is 5.75 Å². The Kier molecular flexibility index (Phi) is 4.63. The molecule has 0 radical (unpaired) electrons. The fourth-order valence-electron chi connectivity index (χ4n) is 2.65. The van der Waals surface area contributed by atoms with Gasteiger partial charge in [-0.2, -0.15) is 0 Å². The maximum atomic E-state index is 6.23. The Balaban J connectivity index is 1.92. The SMILES string of the molecule is Clc1cccc(Cl)c1O[C@@H](c1ccncc1)[C@H]1CCNC1. The number of ether oxygens (including phenoxy) is 1. The van der Waals surface area contributed by atoms with Crippen LogP contribution in [0.2, 0.25) is 10.0 Å². The van der Waals surface area contributed by atoms with Gasteiger partial charge in [0, 0.05) is 24.9 Å². The third-order valence-corrected chi connectivity index (χ3v) is 4.32. The zero-order valence-electron chi connectivity index (χ0n) is 11.4. The predicted octanol–water partition coefficient (Wildman–Crippen LogP) is 4.12. The number of halogens is 2. The Labute approximate surface area is 134 Å². The summed E-state index contributed by atoms with van der Waals surface area (Å²) in [6.07, 6.45) is 4.54. The summed E-state index contributed by atoms with van der Waals surface area (Å²) in [5, 5.41) is 4.45. The van der Waals surface area contributed by atoms with Crippen LogP contribution in [0, 0.1) is 5.92 Å². The molecule has 0 bridgehead atoms. The molecule has 0 spiro atoms. The third kappa shape index (κ3) is 3.31. The Hall–Kier alpha value is -1.29. The van der Waals surface area contributed by atoms with Gasteiger partial charge in [-0.1, -0.05) is 29.3 Å². The summed E-state index contributed by atoms with van der Waals surface area (Å²) in [4.78, 5) is 4.07. The van der Waals surface area contributed by atoms with E-state index in [1.165, 1.54) is 0 Å². The van der Waals surface area contributed by atoms with Crippen LogP contribution in [0.1, 0.15) is 18.1 Å². The van der Waals surface area contributed by atoms with Crippen molar-refractivity contribution in [2.24, 2.45) is 5.92 Å². The summed E-state index contributed by atoms with van der Waals surface area (Å²) in [6.45, 7) is 1.93. The van der Waals surface area contributed by atoms with Crippen molar-refractivity contribution >= 4 is 23.2 Å². The predicted molar refractivity (Wildman–Crippen MR) is 85.0 cm³/mol. The van der Waals surface area contributed by atoms with Crippen molar-refractivity contribution in [3.63, 3.8) is 0 Å².